The zero-order valence-electron chi connectivity index (χ0n) is 14.4. The van der Waals surface area contributed by atoms with Crippen molar-refractivity contribution in [1.82, 2.24) is 0 Å². The van der Waals surface area contributed by atoms with Crippen LogP contribution in [0.15, 0.2) is 34.5 Å². The van der Waals surface area contributed by atoms with Gasteiger partial charge in [0.15, 0.2) is 0 Å². The van der Waals surface area contributed by atoms with Crippen LogP contribution in [-0.2, 0) is 23.7 Å². The predicted molar refractivity (Wildman–Crippen MR) is 88.7 cm³/mol. The van der Waals surface area contributed by atoms with Crippen molar-refractivity contribution in [3.05, 3.63) is 35.4 Å². The van der Waals surface area contributed by atoms with Gasteiger partial charge >= 0.3 is 5.97 Å². The number of carbonyl (C=O) groups excluding carboxylic acids is 1. The molecule has 2 rings (SSSR count). The van der Waals surface area contributed by atoms with Crippen LogP contribution < -0.4 is 0 Å². The molecule has 0 saturated heterocycles. The van der Waals surface area contributed by atoms with Gasteiger partial charge in [0.05, 0.1) is 51.8 Å². The van der Waals surface area contributed by atoms with E-state index in [1.165, 1.54) is 0 Å². The molecule has 1 aromatic rings. The Kier molecular flexibility index (Phi) is 9.06. The molecule has 0 unspecified atom stereocenters. The monoisotopic (exact) mass is 352 g/mol. The van der Waals surface area contributed by atoms with Gasteiger partial charge in [-0.15, -0.1) is 0 Å². The van der Waals surface area contributed by atoms with Crippen LogP contribution >= 0.6 is 0 Å². The van der Waals surface area contributed by atoms with E-state index in [1.54, 1.807) is 19.2 Å². The number of hydrogen-bond donors (Lipinski definition) is 0. The maximum absolute atomic E-state index is 11.9. The Morgan fingerprint density at radius 2 is 1.36 bits per heavy atom. The van der Waals surface area contributed by atoms with E-state index in [4.69, 9.17) is 23.7 Å². The smallest absolute Gasteiger partial charge is 0.338 e. The van der Waals surface area contributed by atoms with Crippen molar-refractivity contribution in [1.29, 1.82) is 0 Å². The molecule has 0 radical (unpaired) electrons. The highest BCUT2D eigenvalue weighted by Gasteiger charge is 2.18. The van der Waals surface area contributed by atoms with Gasteiger partial charge in [0.1, 0.15) is 6.61 Å². The number of esters is 1. The number of benzene rings is 1. The van der Waals surface area contributed by atoms with E-state index in [0.29, 0.717) is 51.8 Å². The Bertz CT molecular complexity index is 528. The van der Waals surface area contributed by atoms with Crippen LogP contribution in [0, 0.1) is 0 Å². The summed E-state index contributed by atoms with van der Waals surface area (Å²) in [7, 11) is 1.63. The zero-order chi connectivity index (χ0) is 17.7. The molecular formula is C17H24N2O6. The lowest BCUT2D eigenvalue weighted by Gasteiger charge is -2.07. The van der Waals surface area contributed by atoms with Crippen LogP contribution in [0.1, 0.15) is 22.1 Å². The van der Waals surface area contributed by atoms with Gasteiger partial charge in [-0.1, -0.05) is 12.1 Å². The van der Waals surface area contributed by atoms with Gasteiger partial charge in [0.25, 0.3) is 0 Å². The first-order valence-electron chi connectivity index (χ1n) is 8.20. The molecule has 1 aromatic carbocycles. The fourth-order valence-corrected chi connectivity index (χ4v) is 1.92. The SMILES string of the molecule is COCCOCCOCCOCCOC(=O)c1ccc(C2N=N2)cc1. The molecule has 0 saturated carbocycles. The third-order valence-electron chi connectivity index (χ3n) is 3.31. The summed E-state index contributed by atoms with van der Waals surface area (Å²) >= 11 is 0. The van der Waals surface area contributed by atoms with Gasteiger partial charge in [-0.05, 0) is 12.1 Å². The molecule has 138 valence electrons. The second-order valence-corrected chi connectivity index (χ2v) is 5.19. The second-order valence-electron chi connectivity index (χ2n) is 5.19. The van der Waals surface area contributed by atoms with E-state index < -0.39 is 0 Å². The number of rotatable bonds is 14. The lowest BCUT2D eigenvalue weighted by Crippen LogP contribution is -2.14. The summed E-state index contributed by atoms with van der Waals surface area (Å²) in [6.07, 6.45) is -0.0578. The first-order chi connectivity index (χ1) is 12.3. The normalized spacial score (nSPS) is 13.2. The summed E-state index contributed by atoms with van der Waals surface area (Å²) in [5.74, 6) is -0.371. The fourth-order valence-electron chi connectivity index (χ4n) is 1.92. The van der Waals surface area contributed by atoms with E-state index in [0.717, 1.165) is 5.56 Å². The number of nitrogens with zero attached hydrogens (tertiary/aromatic N) is 2. The van der Waals surface area contributed by atoms with Gasteiger partial charge in [0, 0.05) is 12.7 Å². The molecule has 8 heteroatoms. The molecule has 0 aliphatic carbocycles. The molecule has 1 heterocycles. The molecule has 8 nitrogen and oxygen atoms in total. The van der Waals surface area contributed by atoms with Crippen molar-refractivity contribution in [2.45, 2.75) is 6.17 Å². The maximum Gasteiger partial charge on any atom is 0.338 e. The molecular weight excluding hydrogens is 328 g/mol. The van der Waals surface area contributed by atoms with Crippen LogP contribution in [0.2, 0.25) is 0 Å². The molecule has 0 fully saturated rings. The van der Waals surface area contributed by atoms with E-state index in [9.17, 15) is 4.79 Å². The number of ether oxygens (including phenoxy) is 5. The van der Waals surface area contributed by atoms with Crippen molar-refractivity contribution in [3.63, 3.8) is 0 Å². The Morgan fingerprint density at radius 3 is 1.88 bits per heavy atom. The molecule has 0 atom stereocenters. The van der Waals surface area contributed by atoms with Crippen LogP contribution in [-0.4, -0.2) is 65.9 Å². The third kappa shape index (κ3) is 8.17. The minimum Gasteiger partial charge on any atom is -0.460 e. The average Bonchev–Trinajstić information content (AvgIpc) is 3.48. The van der Waals surface area contributed by atoms with E-state index in [-0.39, 0.29) is 18.7 Å². The number of carbonyl (C=O) groups is 1. The van der Waals surface area contributed by atoms with Gasteiger partial charge < -0.3 is 23.7 Å². The van der Waals surface area contributed by atoms with Gasteiger partial charge in [-0.3, -0.25) is 0 Å². The molecule has 0 amide bonds. The summed E-state index contributed by atoms with van der Waals surface area (Å²) in [5, 5.41) is 7.66. The second kappa shape index (κ2) is 11.6. The molecule has 0 N–H and O–H groups in total. The molecule has 0 aromatic heterocycles. The van der Waals surface area contributed by atoms with Gasteiger partial charge in [-0.2, -0.15) is 10.2 Å². The number of methoxy groups -OCH3 is 1. The Labute approximate surface area is 147 Å². The molecule has 1 aliphatic heterocycles. The molecule has 0 bridgehead atoms. The topological polar surface area (TPSA) is 87.9 Å². The highest BCUT2D eigenvalue weighted by molar-refractivity contribution is 5.89. The van der Waals surface area contributed by atoms with Crippen LogP contribution in [0.4, 0.5) is 0 Å². The van der Waals surface area contributed by atoms with Crippen LogP contribution in [0.3, 0.4) is 0 Å². The predicted octanol–water partition coefficient (Wildman–Crippen LogP) is 2.00. The Balaban J connectivity index is 1.41. The summed E-state index contributed by atoms with van der Waals surface area (Å²) in [6, 6.07) is 7.08. The van der Waals surface area contributed by atoms with Crippen molar-refractivity contribution >= 4 is 5.97 Å². The lowest BCUT2D eigenvalue weighted by atomic mass is 10.1. The van der Waals surface area contributed by atoms with Crippen LogP contribution in [0.5, 0.6) is 0 Å². The molecule has 0 spiro atoms. The van der Waals surface area contributed by atoms with Gasteiger partial charge in [-0.25, -0.2) is 4.79 Å². The summed E-state index contributed by atoms with van der Waals surface area (Å²) in [5.41, 5.74) is 1.48. The van der Waals surface area contributed by atoms with Crippen molar-refractivity contribution in [3.8, 4) is 0 Å². The first-order valence-corrected chi connectivity index (χ1v) is 8.20. The van der Waals surface area contributed by atoms with Gasteiger partial charge in [0.2, 0.25) is 6.17 Å². The summed E-state index contributed by atoms with van der Waals surface area (Å²) in [6.45, 7) is 3.64. The first kappa shape index (κ1) is 19.5. The molecule has 25 heavy (non-hydrogen) atoms. The minimum atomic E-state index is -0.371. The fraction of sp³-hybridized carbons (Fsp3) is 0.588. The Morgan fingerprint density at radius 1 is 0.840 bits per heavy atom. The van der Waals surface area contributed by atoms with Crippen molar-refractivity contribution in [2.75, 3.05) is 60.0 Å². The third-order valence-corrected chi connectivity index (χ3v) is 3.31. The lowest BCUT2D eigenvalue weighted by molar-refractivity contribution is -0.00551. The van der Waals surface area contributed by atoms with E-state index in [1.807, 2.05) is 12.1 Å². The maximum atomic E-state index is 11.9. The Hall–Kier alpha value is -1.87. The van der Waals surface area contributed by atoms with Crippen LogP contribution in [0.25, 0.3) is 0 Å². The summed E-state index contributed by atoms with van der Waals surface area (Å²) < 4.78 is 25.9. The number of hydrogen-bond acceptors (Lipinski definition) is 8. The average molecular weight is 352 g/mol. The summed E-state index contributed by atoms with van der Waals surface area (Å²) in [4.78, 5) is 11.9. The largest absolute Gasteiger partial charge is 0.460 e. The van der Waals surface area contributed by atoms with E-state index >= 15 is 0 Å². The van der Waals surface area contributed by atoms with Crippen molar-refractivity contribution in [2.24, 2.45) is 10.2 Å². The quantitative estimate of drug-likeness (QED) is 0.376. The highest BCUT2D eigenvalue weighted by Crippen LogP contribution is 2.30. The minimum absolute atomic E-state index is 0.0578. The molecule has 1 aliphatic rings. The van der Waals surface area contributed by atoms with E-state index in [2.05, 4.69) is 10.2 Å². The van der Waals surface area contributed by atoms with Crippen molar-refractivity contribution < 1.29 is 28.5 Å². The zero-order valence-corrected chi connectivity index (χ0v) is 14.4. The highest BCUT2D eigenvalue weighted by atomic mass is 16.6. The standard InChI is InChI=1S/C17H24N2O6/c1-21-6-7-22-8-9-23-10-11-24-12-13-25-17(20)15-4-2-14(3-5-15)16-18-19-16/h2-5,16H,6-13H2,1H3.